The first-order chi connectivity index (χ1) is 4.13. The molecule has 0 aliphatic heterocycles. The Morgan fingerprint density at radius 3 is 2.22 bits per heavy atom. The molecule has 0 fully saturated rings. The number of hydrogen-bond donors (Lipinski definition) is 3. The molecule has 0 bridgehead atoms. The number of rotatable bonds is 0. The molecule has 6 nitrogen and oxygen atoms in total. The van der Waals surface area contributed by atoms with Gasteiger partial charge in [0.05, 0.1) is 7.05 Å². The number of hydrogen-bond acceptors (Lipinski definition) is 4. The zero-order valence-corrected chi connectivity index (χ0v) is 5.07. The molecule has 0 aliphatic rings. The maximum absolute atomic E-state index is 5.36. The van der Waals surface area contributed by atoms with E-state index in [-0.39, 0.29) is 5.95 Å². The van der Waals surface area contributed by atoms with Gasteiger partial charge in [0.15, 0.2) is 0 Å². The van der Waals surface area contributed by atoms with Crippen molar-refractivity contribution in [2.24, 2.45) is 7.05 Å². The number of aromatic nitrogens is 3. The van der Waals surface area contributed by atoms with Crippen molar-refractivity contribution in [2.75, 3.05) is 17.3 Å². The van der Waals surface area contributed by atoms with Crippen LogP contribution in [0.3, 0.4) is 0 Å². The van der Waals surface area contributed by atoms with Crippen LogP contribution in [-0.2, 0) is 7.05 Å². The summed E-state index contributed by atoms with van der Waals surface area (Å²) in [7, 11) is 1.66. The normalized spacial score (nSPS) is 9.89. The quantitative estimate of drug-likeness (QED) is 0.268. The molecule has 0 spiro atoms. The third kappa shape index (κ3) is 0.638. The van der Waals surface area contributed by atoms with Gasteiger partial charge in [-0.2, -0.15) is 0 Å². The highest BCUT2D eigenvalue weighted by Crippen LogP contribution is 1.90. The lowest BCUT2D eigenvalue weighted by atomic mass is 11.0. The lowest BCUT2D eigenvalue weighted by Gasteiger charge is -1.86. The lowest BCUT2D eigenvalue weighted by Crippen LogP contribution is -2.47. The molecule has 1 heterocycles. The van der Waals surface area contributed by atoms with Crippen molar-refractivity contribution >= 4 is 11.9 Å². The van der Waals surface area contributed by atoms with E-state index in [0.29, 0.717) is 5.95 Å². The highest BCUT2D eigenvalue weighted by atomic mass is 15.5. The molecule has 0 unspecified atom stereocenters. The van der Waals surface area contributed by atoms with Crippen molar-refractivity contribution in [3.8, 4) is 0 Å². The van der Waals surface area contributed by atoms with Gasteiger partial charge in [0.25, 0.3) is 0 Å². The minimum Gasteiger partial charge on any atom is -0.318 e. The minimum absolute atomic E-state index is 0.204. The maximum atomic E-state index is 5.36. The second kappa shape index (κ2) is 1.51. The third-order valence-electron chi connectivity index (χ3n) is 1.08. The Labute approximate surface area is 51.8 Å². The third-order valence-corrected chi connectivity index (χ3v) is 1.08. The molecular weight excluding hydrogens is 120 g/mol. The van der Waals surface area contributed by atoms with Crippen LogP contribution in [0.2, 0.25) is 0 Å². The Hall–Kier alpha value is -1.46. The summed E-state index contributed by atoms with van der Waals surface area (Å²) in [5.41, 5.74) is 10.6. The highest BCUT2D eigenvalue weighted by molar-refractivity contribution is 5.14. The van der Waals surface area contributed by atoms with Gasteiger partial charge in [0.2, 0.25) is 0 Å². The summed E-state index contributed by atoms with van der Waals surface area (Å²) in [6.07, 6.45) is 0. The van der Waals surface area contributed by atoms with Gasteiger partial charge in [-0.05, 0) is 0 Å². The van der Waals surface area contributed by atoms with Gasteiger partial charge in [0.1, 0.15) is 0 Å². The van der Waals surface area contributed by atoms with Crippen molar-refractivity contribution in [3.63, 3.8) is 0 Å². The van der Waals surface area contributed by atoms with Gasteiger partial charge in [-0.15, -0.1) is 9.36 Å². The molecule has 6 N–H and O–H groups in total. The van der Waals surface area contributed by atoms with Gasteiger partial charge in [0, 0.05) is 5.10 Å². The zero-order valence-electron chi connectivity index (χ0n) is 5.07. The first kappa shape index (κ1) is 5.67. The van der Waals surface area contributed by atoms with E-state index in [1.54, 1.807) is 7.05 Å². The summed E-state index contributed by atoms with van der Waals surface area (Å²) in [5, 5.41) is 3.72. The predicted octanol–water partition coefficient (Wildman–Crippen LogP) is -2.41. The summed E-state index contributed by atoms with van der Waals surface area (Å²) in [4.78, 5) is 0. The fourth-order valence-corrected chi connectivity index (χ4v) is 0.526. The maximum Gasteiger partial charge on any atom is 0.367 e. The fourth-order valence-electron chi connectivity index (χ4n) is 0.526. The van der Waals surface area contributed by atoms with Crippen LogP contribution in [0.1, 0.15) is 0 Å². The van der Waals surface area contributed by atoms with E-state index >= 15 is 0 Å². The Bertz CT molecular complexity index is 202. The largest absolute Gasteiger partial charge is 0.367 e. The number of nitrogen functional groups attached to an aromatic ring is 3. The molecule has 0 aliphatic carbocycles. The van der Waals surface area contributed by atoms with Crippen LogP contribution in [0.25, 0.3) is 0 Å². The summed E-state index contributed by atoms with van der Waals surface area (Å²) < 4.78 is 2.51. The molecule has 0 saturated heterocycles. The van der Waals surface area contributed by atoms with E-state index in [4.69, 9.17) is 17.3 Å². The van der Waals surface area contributed by atoms with Crippen LogP contribution in [0.15, 0.2) is 0 Å². The molecule has 0 saturated carbocycles. The molecule has 1 rings (SSSR count). The molecule has 6 heteroatoms. The van der Waals surface area contributed by atoms with Crippen molar-refractivity contribution in [3.05, 3.63) is 0 Å². The van der Waals surface area contributed by atoms with Crippen molar-refractivity contribution in [2.45, 2.75) is 0 Å². The Morgan fingerprint density at radius 1 is 1.56 bits per heavy atom. The molecule has 0 radical (unpaired) electrons. The molecule has 9 heavy (non-hydrogen) atoms. The Balaban J connectivity index is 3.29. The molecule has 1 aromatic rings. The van der Waals surface area contributed by atoms with Crippen LogP contribution in [-0.4, -0.2) is 9.78 Å². The zero-order chi connectivity index (χ0) is 7.02. The van der Waals surface area contributed by atoms with E-state index in [1.807, 2.05) is 0 Å². The van der Waals surface area contributed by atoms with Gasteiger partial charge in [-0.3, -0.25) is 0 Å². The van der Waals surface area contributed by atoms with E-state index < -0.39 is 0 Å². The highest BCUT2D eigenvalue weighted by Gasteiger charge is 2.11. The van der Waals surface area contributed by atoms with Crippen LogP contribution in [0.5, 0.6) is 0 Å². The topological polar surface area (TPSA) is 99.8 Å². The fraction of sp³-hybridized carbons (Fsp3) is 0.333. The second-order valence-corrected chi connectivity index (χ2v) is 1.71. The van der Waals surface area contributed by atoms with E-state index in [9.17, 15) is 0 Å². The van der Waals surface area contributed by atoms with Crippen LogP contribution in [0, 0.1) is 0 Å². The molecule has 1 aromatic heterocycles. The summed E-state index contributed by atoms with van der Waals surface area (Å²) in [6.45, 7) is 0. The van der Waals surface area contributed by atoms with Gasteiger partial charge >= 0.3 is 11.9 Å². The first-order valence-electron chi connectivity index (χ1n) is 2.38. The first-order valence-corrected chi connectivity index (χ1v) is 2.38. The SMILES string of the molecule is Cn1nc(N)[n+](N)c1N. The van der Waals surface area contributed by atoms with Gasteiger partial charge in [-0.25, -0.2) is 0 Å². The summed E-state index contributed by atoms with van der Waals surface area (Å²) >= 11 is 0. The van der Waals surface area contributed by atoms with Crippen molar-refractivity contribution in [1.29, 1.82) is 0 Å². The number of nitrogens with two attached hydrogens (primary N) is 3. The molecule has 0 atom stereocenters. The smallest absolute Gasteiger partial charge is 0.318 e. The van der Waals surface area contributed by atoms with Crippen LogP contribution in [0.4, 0.5) is 11.9 Å². The number of aryl methyl sites for hydroxylation is 1. The number of anilines is 2. The van der Waals surface area contributed by atoms with Gasteiger partial charge in [-0.1, -0.05) is 0 Å². The van der Waals surface area contributed by atoms with Crippen molar-refractivity contribution in [1.82, 2.24) is 9.78 Å². The van der Waals surface area contributed by atoms with E-state index in [0.717, 1.165) is 4.68 Å². The molecule has 0 amide bonds. The minimum atomic E-state index is 0.204. The lowest BCUT2D eigenvalue weighted by molar-refractivity contribution is -0.609. The standard InChI is InChI=1S/C3H8N6/c1-8-3(5)9(6)2(4)7-8/h5H,6H2,1H3,(H2,4,7)/p+1. The summed E-state index contributed by atoms with van der Waals surface area (Å²) in [5.74, 6) is 5.82. The predicted molar refractivity (Wildman–Crippen MR) is 32.4 cm³/mol. The van der Waals surface area contributed by atoms with Crippen LogP contribution >= 0.6 is 0 Å². The Kier molecular flexibility index (Phi) is 0.950. The number of nitrogens with zero attached hydrogens (tertiary/aromatic N) is 3. The molecule has 0 aromatic carbocycles. The molecular formula is C3H9N6+. The monoisotopic (exact) mass is 129 g/mol. The average Bonchev–Trinajstić information content (AvgIpc) is 1.98. The van der Waals surface area contributed by atoms with Crippen LogP contribution < -0.4 is 22.0 Å². The average molecular weight is 129 g/mol. The Morgan fingerprint density at radius 2 is 2.11 bits per heavy atom. The summed E-state index contributed by atoms with van der Waals surface area (Å²) in [6, 6.07) is 0. The van der Waals surface area contributed by atoms with E-state index in [1.165, 1.54) is 4.68 Å². The van der Waals surface area contributed by atoms with Gasteiger partial charge < -0.3 is 17.3 Å². The molecule has 50 valence electrons. The second-order valence-electron chi connectivity index (χ2n) is 1.71. The van der Waals surface area contributed by atoms with E-state index in [2.05, 4.69) is 5.10 Å². The van der Waals surface area contributed by atoms with Crippen molar-refractivity contribution < 1.29 is 4.68 Å².